The molecule has 2 atom stereocenters. The predicted octanol–water partition coefficient (Wildman–Crippen LogP) is 1.37. The van der Waals surface area contributed by atoms with E-state index in [4.69, 9.17) is 10.8 Å². The third-order valence-corrected chi connectivity index (χ3v) is 3.67. The lowest BCUT2D eigenvalue weighted by Crippen LogP contribution is -2.37. The molecule has 1 fully saturated rings. The molecule has 0 spiro atoms. The van der Waals surface area contributed by atoms with Gasteiger partial charge in [-0.15, -0.1) is 0 Å². The van der Waals surface area contributed by atoms with E-state index in [1.54, 1.807) is 0 Å². The Balaban J connectivity index is 2.34. The van der Waals surface area contributed by atoms with Crippen molar-refractivity contribution in [3.8, 4) is 0 Å². The quantitative estimate of drug-likeness (QED) is 0.739. The van der Waals surface area contributed by atoms with Crippen LogP contribution in [0.15, 0.2) is 0 Å². The Morgan fingerprint density at radius 3 is 2.74 bits per heavy atom. The van der Waals surface area contributed by atoms with Gasteiger partial charge in [-0.1, -0.05) is 12.8 Å². The minimum Gasteiger partial charge on any atom is -0.395 e. The summed E-state index contributed by atoms with van der Waals surface area (Å²) < 4.78 is 24.6. The zero-order chi connectivity index (χ0) is 14.3. The van der Waals surface area contributed by atoms with E-state index in [2.05, 4.69) is 0 Å². The van der Waals surface area contributed by atoms with Gasteiger partial charge in [-0.2, -0.15) is 0 Å². The highest BCUT2D eigenvalue weighted by atomic mass is 19.3. The Morgan fingerprint density at radius 2 is 2.16 bits per heavy atom. The molecule has 6 heteroatoms. The number of amides is 1. The number of aliphatic hydroxyl groups is 1. The first-order valence-corrected chi connectivity index (χ1v) is 6.95. The van der Waals surface area contributed by atoms with E-state index < -0.39 is 13.0 Å². The predicted molar refractivity (Wildman–Crippen MR) is 68.8 cm³/mol. The maximum Gasteiger partial charge on any atom is 0.255 e. The molecule has 1 aliphatic carbocycles. The van der Waals surface area contributed by atoms with Crippen LogP contribution >= 0.6 is 0 Å². The van der Waals surface area contributed by atoms with Gasteiger partial charge in [0.1, 0.15) is 0 Å². The second-order valence-electron chi connectivity index (χ2n) is 5.29. The normalized spacial score (nSPS) is 23.6. The number of nitrogens with two attached hydrogens (primary N) is 1. The van der Waals surface area contributed by atoms with Crippen LogP contribution in [0, 0.1) is 5.92 Å². The van der Waals surface area contributed by atoms with Gasteiger partial charge < -0.3 is 15.7 Å². The minimum atomic E-state index is -2.56. The summed E-state index contributed by atoms with van der Waals surface area (Å²) in [4.78, 5) is 12.9. The standard InChI is InChI=1S/C13H24F2N2O2/c14-12(15)9-17(6-7-18)13(19)5-4-10-2-1-3-11(16)8-10/h10-12,18H,1-9,16H2. The number of alkyl halides is 2. The van der Waals surface area contributed by atoms with E-state index in [-0.39, 0.29) is 31.5 Å². The molecule has 0 bridgehead atoms. The lowest BCUT2D eigenvalue weighted by Gasteiger charge is -2.27. The molecule has 1 aliphatic rings. The van der Waals surface area contributed by atoms with E-state index >= 15 is 0 Å². The van der Waals surface area contributed by atoms with Crippen LogP contribution in [0.4, 0.5) is 8.78 Å². The Morgan fingerprint density at radius 1 is 1.42 bits per heavy atom. The van der Waals surface area contributed by atoms with Crippen molar-refractivity contribution in [2.24, 2.45) is 11.7 Å². The van der Waals surface area contributed by atoms with E-state index in [1.165, 1.54) is 0 Å². The molecule has 0 aliphatic heterocycles. The van der Waals surface area contributed by atoms with Crippen molar-refractivity contribution in [2.45, 2.75) is 51.0 Å². The number of aliphatic hydroxyl groups excluding tert-OH is 1. The minimum absolute atomic E-state index is 0.0205. The Bertz CT molecular complexity index is 277. The summed E-state index contributed by atoms with van der Waals surface area (Å²) in [6, 6.07) is 0.212. The van der Waals surface area contributed by atoms with Gasteiger partial charge in [0.15, 0.2) is 0 Å². The van der Waals surface area contributed by atoms with Crippen LogP contribution in [0.1, 0.15) is 38.5 Å². The lowest BCUT2D eigenvalue weighted by atomic mass is 9.83. The lowest BCUT2D eigenvalue weighted by molar-refractivity contribution is -0.134. The first-order valence-electron chi connectivity index (χ1n) is 6.95. The van der Waals surface area contributed by atoms with Crippen molar-refractivity contribution < 1.29 is 18.7 Å². The van der Waals surface area contributed by atoms with Crippen molar-refractivity contribution in [2.75, 3.05) is 19.7 Å². The van der Waals surface area contributed by atoms with Crippen LogP contribution in [0.2, 0.25) is 0 Å². The van der Waals surface area contributed by atoms with E-state index in [0.29, 0.717) is 12.3 Å². The van der Waals surface area contributed by atoms with Crippen LogP contribution in [-0.2, 0) is 4.79 Å². The smallest absolute Gasteiger partial charge is 0.255 e. The highest BCUT2D eigenvalue weighted by Gasteiger charge is 2.22. The molecular formula is C13H24F2N2O2. The molecule has 0 aromatic rings. The molecule has 3 N–H and O–H groups in total. The number of hydrogen-bond acceptors (Lipinski definition) is 3. The van der Waals surface area contributed by atoms with E-state index in [1.807, 2.05) is 0 Å². The largest absolute Gasteiger partial charge is 0.395 e. The zero-order valence-electron chi connectivity index (χ0n) is 11.2. The third kappa shape index (κ3) is 6.29. The molecular weight excluding hydrogens is 254 g/mol. The highest BCUT2D eigenvalue weighted by Crippen LogP contribution is 2.27. The number of halogens is 2. The van der Waals surface area contributed by atoms with E-state index in [0.717, 1.165) is 30.6 Å². The van der Waals surface area contributed by atoms with Crippen molar-refractivity contribution >= 4 is 5.91 Å². The van der Waals surface area contributed by atoms with Crippen LogP contribution in [0.3, 0.4) is 0 Å². The maximum atomic E-state index is 12.3. The first kappa shape index (κ1) is 16.3. The number of nitrogens with zero attached hydrogens (tertiary/aromatic N) is 1. The molecule has 112 valence electrons. The topological polar surface area (TPSA) is 66.6 Å². The zero-order valence-corrected chi connectivity index (χ0v) is 11.2. The molecule has 0 aromatic heterocycles. The summed E-state index contributed by atoms with van der Waals surface area (Å²) in [5.41, 5.74) is 5.88. The highest BCUT2D eigenvalue weighted by molar-refractivity contribution is 5.76. The molecule has 1 amide bonds. The number of hydrogen-bond donors (Lipinski definition) is 2. The van der Waals surface area contributed by atoms with Crippen molar-refractivity contribution in [3.63, 3.8) is 0 Å². The molecule has 0 aromatic carbocycles. The second-order valence-corrected chi connectivity index (χ2v) is 5.29. The van der Waals surface area contributed by atoms with Gasteiger partial charge in [0, 0.05) is 19.0 Å². The Labute approximate surface area is 112 Å². The van der Waals surface area contributed by atoms with Gasteiger partial charge >= 0.3 is 0 Å². The van der Waals surface area contributed by atoms with E-state index in [9.17, 15) is 13.6 Å². The van der Waals surface area contributed by atoms with Crippen LogP contribution in [-0.4, -0.2) is 48.1 Å². The molecule has 1 rings (SSSR count). The molecule has 0 radical (unpaired) electrons. The van der Waals surface area contributed by atoms with Gasteiger partial charge in [-0.05, 0) is 25.2 Å². The Kier molecular flexibility index (Phi) is 7.23. The van der Waals surface area contributed by atoms with Crippen molar-refractivity contribution in [1.82, 2.24) is 4.90 Å². The molecule has 2 unspecified atom stereocenters. The summed E-state index contributed by atoms with van der Waals surface area (Å²) in [5, 5.41) is 8.79. The van der Waals surface area contributed by atoms with Gasteiger partial charge in [0.05, 0.1) is 13.2 Å². The summed E-state index contributed by atoms with van der Waals surface area (Å²) in [6.07, 6.45) is 2.52. The van der Waals surface area contributed by atoms with Crippen LogP contribution in [0.5, 0.6) is 0 Å². The number of rotatable bonds is 7. The van der Waals surface area contributed by atoms with Crippen LogP contribution < -0.4 is 5.73 Å². The molecule has 0 saturated heterocycles. The fourth-order valence-electron chi connectivity index (χ4n) is 2.69. The molecule has 19 heavy (non-hydrogen) atoms. The summed E-state index contributed by atoms with van der Waals surface area (Å²) in [6.45, 7) is -0.899. The number of carbonyl (C=O) groups excluding carboxylic acids is 1. The van der Waals surface area contributed by atoms with Gasteiger partial charge in [0.25, 0.3) is 6.43 Å². The average molecular weight is 278 g/mol. The average Bonchev–Trinajstić information content (AvgIpc) is 2.35. The van der Waals surface area contributed by atoms with Gasteiger partial charge in [0.2, 0.25) is 5.91 Å². The fraction of sp³-hybridized carbons (Fsp3) is 0.923. The first-order chi connectivity index (χ1) is 9.02. The number of carbonyl (C=O) groups is 1. The molecule has 0 heterocycles. The van der Waals surface area contributed by atoms with Crippen LogP contribution in [0.25, 0.3) is 0 Å². The fourth-order valence-corrected chi connectivity index (χ4v) is 2.69. The molecule has 1 saturated carbocycles. The van der Waals surface area contributed by atoms with Crippen molar-refractivity contribution in [3.05, 3.63) is 0 Å². The maximum absolute atomic E-state index is 12.3. The summed E-state index contributed by atoms with van der Waals surface area (Å²) in [5.74, 6) is 0.128. The Hall–Kier alpha value is -0.750. The van der Waals surface area contributed by atoms with Gasteiger partial charge in [-0.3, -0.25) is 4.79 Å². The summed E-state index contributed by atoms with van der Waals surface area (Å²) in [7, 11) is 0. The van der Waals surface area contributed by atoms with Crippen molar-refractivity contribution in [1.29, 1.82) is 0 Å². The monoisotopic (exact) mass is 278 g/mol. The molecule has 4 nitrogen and oxygen atoms in total. The second kappa shape index (κ2) is 8.43. The van der Waals surface area contributed by atoms with Gasteiger partial charge in [-0.25, -0.2) is 8.78 Å². The third-order valence-electron chi connectivity index (χ3n) is 3.67. The summed E-state index contributed by atoms with van der Waals surface area (Å²) >= 11 is 0. The SMILES string of the molecule is NC1CCCC(CCC(=O)N(CCO)CC(F)F)C1.